The van der Waals surface area contributed by atoms with Crippen molar-refractivity contribution in [3.63, 3.8) is 0 Å². The van der Waals surface area contributed by atoms with Crippen LogP contribution in [0.25, 0.3) is 10.1 Å². The Balaban J connectivity index is 1.88. The smallest absolute Gasteiger partial charge is 0.233 e. The molecule has 0 fully saturated rings. The quantitative estimate of drug-likeness (QED) is 0.347. The molecule has 1 N–H and O–H groups in total. The molecule has 0 saturated heterocycles. The summed E-state index contributed by atoms with van der Waals surface area (Å²) in [5.74, 6) is -0.606. The summed E-state index contributed by atoms with van der Waals surface area (Å²) in [6, 6.07) is 8.12. The molecule has 0 radical (unpaired) electrons. The lowest BCUT2D eigenvalue weighted by atomic mass is 10.1. The molecule has 1 amide bonds. The fourth-order valence-corrected chi connectivity index (χ4v) is 5.75. The van der Waals surface area contributed by atoms with Gasteiger partial charge in [0.1, 0.15) is 6.04 Å². The maximum Gasteiger partial charge on any atom is 0.233 e. The van der Waals surface area contributed by atoms with E-state index in [-0.39, 0.29) is 17.7 Å². The van der Waals surface area contributed by atoms with Gasteiger partial charge >= 0.3 is 0 Å². The number of benzene rings is 1. The maximum absolute atomic E-state index is 12.9. The summed E-state index contributed by atoms with van der Waals surface area (Å²) in [4.78, 5) is 11.2. The van der Waals surface area contributed by atoms with Gasteiger partial charge in [-0.2, -0.15) is 5.10 Å². The molecule has 3 aromatic rings. The first-order chi connectivity index (χ1) is 13.5. The van der Waals surface area contributed by atoms with E-state index in [1.165, 1.54) is 0 Å². The largest absolute Gasteiger partial charge is 0.285 e. The molecular weight excluding hydrogens is 410 g/mol. The molecular formula is C20H25N3O4S2. The van der Waals surface area contributed by atoms with Gasteiger partial charge in [0, 0.05) is 10.4 Å². The molecule has 0 aliphatic rings. The standard InChI is InChI=1S/C20H25N3O4S2/c1-14-9-17(21-23(14)20(2,3)4)18(22(25)13-24)12-29(26,27)11-15-5-6-19-16(10-15)7-8-28-19/h5-10,13,18,25H,11-12H2,1-4H3/t18-/m1/s1. The molecule has 9 heteroatoms. The number of nitrogens with zero attached hydrogens (tertiary/aromatic N) is 3. The van der Waals surface area contributed by atoms with Crippen molar-refractivity contribution in [1.29, 1.82) is 0 Å². The zero-order valence-electron chi connectivity index (χ0n) is 16.9. The second-order valence-corrected chi connectivity index (χ2v) is 11.2. The van der Waals surface area contributed by atoms with Crippen LogP contribution in [0.4, 0.5) is 0 Å². The average Bonchev–Trinajstić information content (AvgIpc) is 3.24. The van der Waals surface area contributed by atoms with Crippen molar-refractivity contribution in [2.45, 2.75) is 45.0 Å². The van der Waals surface area contributed by atoms with Crippen LogP contribution in [0.15, 0.2) is 35.7 Å². The van der Waals surface area contributed by atoms with Gasteiger partial charge in [0.2, 0.25) is 6.41 Å². The highest BCUT2D eigenvalue weighted by atomic mass is 32.2. The van der Waals surface area contributed by atoms with Crippen LogP contribution in [0.5, 0.6) is 0 Å². The van der Waals surface area contributed by atoms with Crippen molar-refractivity contribution in [2.24, 2.45) is 0 Å². The fourth-order valence-electron chi connectivity index (χ4n) is 3.37. The van der Waals surface area contributed by atoms with Gasteiger partial charge in [-0.15, -0.1) is 11.3 Å². The third-order valence-corrected chi connectivity index (χ3v) is 7.12. The Morgan fingerprint density at radius 2 is 2.00 bits per heavy atom. The molecule has 2 aromatic heterocycles. The van der Waals surface area contributed by atoms with Crippen LogP contribution in [0.1, 0.15) is 43.8 Å². The van der Waals surface area contributed by atoms with Crippen LogP contribution in [0.3, 0.4) is 0 Å². The first kappa shape index (κ1) is 21.5. The molecule has 3 rings (SSSR count). The van der Waals surface area contributed by atoms with Crippen molar-refractivity contribution in [1.82, 2.24) is 14.8 Å². The summed E-state index contributed by atoms with van der Waals surface area (Å²) < 4.78 is 28.6. The lowest BCUT2D eigenvalue weighted by molar-refractivity contribution is -0.159. The maximum atomic E-state index is 12.9. The minimum absolute atomic E-state index is 0.180. The number of thiophene rings is 1. The number of aromatic nitrogens is 2. The second-order valence-electron chi connectivity index (χ2n) is 8.14. The Labute approximate surface area is 174 Å². The molecule has 156 valence electrons. The van der Waals surface area contributed by atoms with E-state index < -0.39 is 21.6 Å². The molecule has 1 aromatic carbocycles. The van der Waals surface area contributed by atoms with Gasteiger partial charge in [-0.05, 0) is 68.3 Å². The molecule has 1 atom stereocenters. The predicted molar refractivity (Wildman–Crippen MR) is 114 cm³/mol. The Hall–Kier alpha value is -2.23. The zero-order chi connectivity index (χ0) is 21.4. The molecule has 2 heterocycles. The van der Waals surface area contributed by atoms with Crippen molar-refractivity contribution in [2.75, 3.05) is 5.75 Å². The van der Waals surface area contributed by atoms with Gasteiger partial charge in [0.05, 0.1) is 22.7 Å². The van der Waals surface area contributed by atoms with Gasteiger partial charge < -0.3 is 0 Å². The number of carbonyl (C=O) groups is 1. The van der Waals surface area contributed by atoms with E-state index in [0.29, 0.717) is 16.3 Å². The number of rotatable bonds is 7. The SMILES string of the molecule is Cc1cc([C@@H](CS(=O)(=O)Cc2ccc3sccc3c2)N(O)C=O)nn1C(C)(C)C. The monoisotopic (exact) mass is 435 g/mol. The van der Waals surface area contributed by atoms with E-state index in [2.05, 4.69) is 5.10 Å². The molecule has 0 saturated carbocycles. The van der Waals surface area contributed by atoms with E-state index >= 15 is 0 Å². The zero-order valence-corrected chi connectivity index (χ0v) is 18.5. The van der Waals surface area contributed by atoms with Crippen molar-refractivity contribution in [3.05, 3.63) is 52.7 Å². The topological polar surface area (TPSA) is 92.5 Å². The summed E-state index contributed by atoms with van der Waals surface area (Å²) >= 11 is 1.60. The van der Waals surface area contributed by atoms with Gasteiger partial charge in [0.15, 0.2) is 9.84 Å². The molecule has 29 heavy (non-hydrogen) atoms. The van der Waals surface area contributed by atoms with Gasteiger partial charge in [-0.25, -0.2) is 13.5 Å². The van der Waals surface area contributed by atoms with Crippen LogP contribution in [-0.2, 0) is 25.9 Å². The van der Waals surface area contributed by atoms with Crippen molar-refractivity contribution >= 4 is 37.7 Å². The number of amides is 1. The lowest BCUT2D eigenvalue weighted by Crippen LogP contribution is -2.31. The number of carbonyl (C=O) groups excluding carboxylic acids is 1. The van der Waals surface area contributed by atoms with E-state index in [0.717, 1.165) is 15.8 Å². The molecule has 0 aliphatic carbocycles. The van der Waals surface area contributed by atoms with E-state index in [9.17, 15) is 18.4 Å². The normalized spacial score (nSPS) is 13.6. The minimum atomic E-state index is -3.63. The second kappa shape index (κ2) is 7.89. The van der Waals surface area contributed by atoms with E-state index in [1.54, 1.807) is 28.2 Å². The van der Waals surface area contributed by atoms with Crippen LogP contribution < -0.4 is 0 Å². The summed E-state index contributed by atoms with van der Waals surface area (Å²) in [5, 5.41) is 17.9. The Morgan fingerprint density at radius 1 is 1.28 bits per heavy atom. The molecule has 0 aliphatic heterocycles. The third kappa shape index (κ3) is 4.85. The molecule has 0 bridgehead atoms. The summed E-state index contributed by atoms with van der Waals surface area (Å²) in [6.45, 7) is 7.77. The number of hydrogen-bond acceptors (Lipinski definition) is 6. The van der Waals surface area contributed by atoms with Gasteiger partial charge in [0.25, 0.3) is 0 Å². The highest BCUT2D eigenvalue weighted by Crippen LogP contribution is 2.26. The summed E-state index contributed by atoms with van der Waals surface area (Å²) in [5.41, 5.74) is 1.51. The fraction of sp³-hybridized carbons (Fsp3) is 0.400. The molecule has 0 spiro atoms. The summed E-state index contributed by atoms with van der Waals surface area (Å²) in [6.07, 6.45) is 0.211. The van der Waals surface area contributed by atoms with E-state index in [4.69, 9.17) is 0 Å². The van der Waals surface area contributed by atoms with Crippen molar-refractivity contribution < 1.29 is 18.4 Å². The van der Waals surface area contributed by atoms with E-state index in [1.807, 2.05) is 51.3 Å². The van der Waals surface area contributed by atoms with Crippen LogP contribution in [0.2, 0.25) is 0 Å². The number of hydrogen-bond donors (Lipinski definition) is 1. The third-order valence-electron chi connectivity index (χ3n) is 4.63. The summed E-state index contributed by atoms with van der Waals surface area (Å²) in [7, 11) is -3.63. The average molecular weight is 436 g/mol. The Morgan fingerprint density at radius 3 is 2.62 bits per heavy atom. The number of sulfone groups is 1. The minimum Gasteiger partial charge on any atom is -0.285 e. The molecule has 7 nitrogen and oxygen atoms in total. The first-order valence-corrected chi connectivity index (χ1v) is 11.9. The first-order valence-electron chi connectivity index (χ1n) is 9.16. The highest BCUT2D eigenvalue weighted by molar-refractivity contribution is 7.90. The van der Waals surface area contributed by atoms with Crippen LogP contribution in [0, 0.1) is 6.92 Å². The highest BCUT2D eigenvalue weighted by Gasteiger charge is 2.30. The van der Waals surface area contributed by atoms with Crippen molar-refractivity contribution in [3.8, 4) is 0 Å². The van der Waals surface area contributed by atoms with Gasteiger partial charge in [-0.3, -0.25) is 14.7 Å². The van der Waals surface area contributed by atoms with Crippen LogP contribution >= 0.6 is 11.3 Å². The number of aryl methyl sites for hydroxylation is 1. The number of hydroxylamine groups is 2. The molecule has 0 unspecified atom stereocenters. The van der Waals surface area contributed by atoms with Gasteiger partial charge in [-0.1, -0.05) is 6.07 Å². The predicted octanol–water partition coefficient (Wildman–Crippen LogP) is 3.66. The number of fused-ring (bicyclic) bond motifs is 1. The lowest BCUT2D eigenvalue weighted by Gasteiger charge is -2.23. The Bertz CT molecular complexity index is 1130. The van der Waals surface area contributed by atoms with Crippen LogP contribution in [-0.4, -0.2) is 40.6 Å². The Kier molecular flexibility index (Phi) is 5.84.